The molecule has 4 nitrogen and oxygen atoms in total. The number of carboxylic acids is 1. The molecule has 0 radical (unpaired) electrons. The minimum absolute atomic E-state index is 0.393. The number of hydrogen-bond donors (Lipinski definition) is 1. The lowest BCUT2D eigenvalue weighted by Crippen LogP contribution is -2.52. The quantitative estimate of drug-likeness (QED) is 0.744. The first kappa shape index (κ1) is 12.8. The van der Waals surface area contributed by atoms with Crippen molar-refractivity contribution in [3.05, 3.63) is 0 Å². The summed E-state index contributed by atoms with van der Waals surface area (Å²) in [5.74, 6) is -4.69. The first-order valence-electron chi connectivity index (χ1n) is 4.65. The highest BCUT2D eigenvalue weighted by molar-refractivity contribution is 5.87. The lowest BCUT2D eigenvalue weighted by atomic mass is 9.86. The van der Waals surface area contributed by atoms with Gasteiger partial charge < -0.3 is 9.84 Å². The Bertz CT molecular complexity index is 323. The van der Waals surface area contributed by atoms with E-state index in [9.17, 15) is 22.8 Å². The van der Waals surface area contributed by atoms with Gasteiger partial charge in [0.25, 0.3) is 0 Å². The van der Waals surface area contributed by atoms with E-state index in [0.717, 1.165) is 0 Å². The predicted molar refractivity (Wildman–Crippen MR) is 45.5 cm³/mol. The Hall–Kier alpha value is -1.27. The van der Waals surface area contributed by atoms with E-state index in [0.29, 0.717) is 0 Å². The largest absolute Gasteiger partial charge is 0.478 e. The Morgan fingerprint density at radius 3 is 2.25 bits per heavy atom. The molecule has 0 aromatic rings. The second-order valence-corrected chi connectivity index (χ2v) is 4.11. The van der Waals surface area contributed by atoms with Gasteiger partial charge in [-0.05, 0) is 5.92 Å². The number of ether oxygens (including phenoxy) is 1. The van der Waals surface area contributed by atoms with Crippen molar-refractivity contribution in [1.82, 2.24) is 0 Å². The molecule has 0 aliphatic carbocycles. The van der Waals surface area contributed by atoms with Crippen molar-refractivity contribution in [2.75, 3.05) is 0 Å². The first-order chi connectivity index (χ1) is 7.12. The van der Waals surface area contributed by atoms with Crippen LogP contribution in [0.25, 0.3) is 0 Å². The molecule has 0 saturated carbocycles. The molecular weight excluding hydrogens is 229 g/mol. The Morgan fingerprint density at radius 1 is 1.56 bits per heavy atom. The van der Waals surface area contributed by atoms with Gasteiger partial charge in [-0.2, -0.15) is 13.2 Å². The third-order valence-electron chi connectivity index (χ3n) is 2.69. The van der Waals surface area contributed by atoms with Crippen LogP contribution < -0.4 is 0 Å². The van der Waals surface area contributed by atoms with E-state index >= 15 is 0 Å². The van der Waals surface area contributed by atoms with Gasteiger partial charge in [-0.25, -0.2) is 4.79 Å². The van der Waals surface area contributed by atoms with Crippen LogP contribution in [-0.4, -0.2) is 28.8 Å². The lowest BCUT2D eigenvalue weighted by Gasteiger charge is -2.25. The van der Waals surface area contributed by atoms with Crippen LogP contribution in [0.15, 0.2) is 0 Å². The number of carboxylic acid groups (broad SMARTS) is 1. The zero-order valence-corrected chi connectivity index (χ0v) is 8.67. The van der Waals surface area contributed by atoms with Crippen LogP contribution in [0.4, 0.5) is 13.2 Å². The maximum Gasteiger partial charge on any atom is 0.439 e. The van der Waals surface area contributed by atoms with Crippen molar-refractivity contribution < 1.29 is 32.6 Å². The molecule has 2 unspecified atom stereocenters. The topological polar surface area (TPSA) is 63.6 Å². The Kier molecular flexibility index (Phi) is 2.91. The average molecular weight is 240 g/mol. The van der Waals surface area contributed by atoms with E-state index < -0.39 is 42.0 Å². The van der Waals surface area contributed by atoms with Crippen LogP contribution in [-0.2, 0) is 14.3 Å². The van der Waals surface area contributed by atoms with E-state index in [1.807, 2.05) is 0 Å². The van der Waals surface area contributed by atoms with Crippen molar-refractivity contribution in [1.29, 1.82) is 0 Å². The summed E-state index contributed by atoms with van der Waals surface area (Å²) in [6.45, 7) is 3.08. The SMILES string of the molecule is CC(C)C1CC(C(=O)O)(C(F)(F)F)OC1=O. The van der Waals surface area contributed by atoms with Crippen molar-refractivity contribution in [2.24, 2.45) is 11.8 Å². The highest BCUT2D eigenvalue weighted by atomic mass is 19.4. The lowest BCUT2D eigenvalue weighted by molar-refractivity contribution is -0.258. The van der Waals surface area contributed by atoms with E-state index in [-0.39, 0.29) is 0 Å². The number of halogens is 3. The molecule has 0 aromatic carbocycles. The Balaban J connectivity index is 3.11. The molecular formula is C9H11F3O4. The summed E-state index contributed by atoms with van der Waals surface area (Å²) in [4.78, 5) is 21.9. The summed E-state index contributed by atoms with van der Waals surface area (Å²) in [5.41, 5.74) is -3.38. The van der Waals surface area contributed by atoms with Gasteiger partial charge in [-0.3, -0.25) is 4.79 Å². The summed E-state index contributed by atoms with van der Waals surface area (Å²) < 4.78 is 41.9. The maximum atomic E-state index is 12.6. The van der Waals surface area contributed by atoms with Gasteiger partial charge in [0.15, 0.2) is 0 Å². The van der Waals surface area contributed by atoms with Crippen LogP contribution in [0.2, 0.25) is 0 Å². The number of carbonyl (C=O) groups excluding carboxylic acids is 1. The van der Waals surface area contributed by atoms with Crippen molar-refractivity contribution in [3.8, 4) is 0 Å². The highest BCUT2D eigenvalue weighted by Gasteiger charge is 2.69. The van der Waals surface area contributed by atoms with Crippen LogP contribution in [0, 0.1) is 11.8 Å². The summed E-state index contributed by atoms with van der Waals surface area (Å²) in [6.07, 6.45) is -5.96. The maximum absolute atomic E-state index is 12.6. The number of carbonyl (C=O) groups is 2. The molecule has 2 atom stereocenters. The molecule has 1 heterocycles. The molecule has 16 heavy (non-hydrogen) atoms. The fraction of sp³-hybridized carbons (Fsp3) is 0.778. The molecule has 1 aliphatic heterocycles. The predicted octanol–water partition coefficient (Wildman–Crippen LogP) is 1.59. The number of cyclic esters (lactones) is 1. The molecule has 0 spiro atoms. The molecule has 92 valence electrons. The van der Waals surface area contributed by atoms with Crippen LogP contribution in [0.5, 0.6) is 0 Å². The number of esters is 1. The van der Waals surface area contributed by atoms with E-state index in [1.54, 1.807) is 13.8 Å². The molecule has 7 heteroatoms. The third-order valence-corrected chi connectivity index (χ3v) is 2.69. The second kappa shape index (κ2) is 3.64. The van der Waals surface area contributed by atoms with Gasteiger partial charge in [0, 0.05) is 6.42 Å². The zero-order valence-electron chi connectivity index (χ0n) is 8.67. The number of alkyl halides is 3. The van der Waals surface area contributed by atoms with E-state index in [2.05, 4.69) is 4.74 Å². The fourth-order valence-electron chi connectivity index (χ4n) is 1.62. The molecule has 0 bridgehead atoms. The molecule has 0 amide bonds. The van der Waals surface area contributed by atoms with Gasteiger partial charge in [0.05, 0.1) is 5.92 Å². The van der Waals surface area contributed by atoms with Gasteiger partial charge in [0.2, 0.25) is 0 Å². The van der Waals surface area contributed by atoms with E-state index in [4.69, 9.17) is 5.11 Å². The molecule has 1 rings (SSSR count). The number of hydrogen-bond acceptors (Lipinski definition) is 3. The van der Waals surface area contributed by atoms with Crippen LogP contribution >= 0.6 is 0 Å². The number of rotatable bonds is 2. The van der Waals surface area contributed by atoms with Crippen molar-refractivity contribution >= 4 is 11.9 Å². The van der Waals surface area contributed by atoms with Crippen LogP contribution in [0.1, 0.15) is 20.3 Å². The molecule has 1 saturated heterocycles. The standard InChI is InChI=1S/C9H11F3O4/c1-4(2)5-3-8(7(14)15,9(10,11)12)16-6(5)13/h4-5H,3H2,1-2H3,(H,14,15). The Labute approximate surface area is 89.4 Å². The van der Waals surface area contributed by atoms with Gasteiger partial charge in [-0.1, -0.05) is 13.8 Å². The Morgan fingerprint density at radius 2 is 2.06 bits per heavy atom. The van der Waals surface area contributed by atoms with E-state index in [1.165, 1.54) is 0 Å². The molecule has 0 aromatic heterocycles. The van der Waals surface area contributed by atoms with Crippen LogP contribution in [0.3, 0.4) is 0 Å². The number of aliphatic carboxylic acids is 1. The molecule has 1 fully saturated rings. The fourth-order valence-corrected chi connectivity index (χ4v) is 1.62. The normalized spacial score (nSPS) is 30.6. The minimum Gasteiger partial charge on any atom is -0.478 e. The summed E-state index contributed by atoms with van der Waals surface area (Å²) in [6, 6.07) is 0. The third kappa shape index (κ3) is 1.74. The van der Waals surface area contributed by atoms with Gasteiger partial charge in [-0.15, -0.1) is 0 Å². The average Bonchev–Trinajstić information content (AvgIpc) is 2.42. The molecule has 1 aliphatic rings. The molecule has 1 N–H and O–H groups in total. The summed E-state index contributed by atoms with van der Waals surface area (Å²) >= 11 is 0. The monoisotopic (exact) mass is 240 g/mol. The second-order valence-electron chi connectivity index (χ2n) is 4.11. The minimum atomic E-state index is -5.10. The highest BCUT2D eigenvalue weighted by Crippen LogP contribution is 2.45. The smallest absolute Gasteiger partial charge is 0.439 e. The first-order valence-corrected chi connectivity index (χ1v) is 4.65. The van der Waals surface area contributed by atoms with Gasteiger partial charge in [0.1, 0.15) is 0 Å². The van der Waals surface area contributed by atoms with Crippen molar-refractivity contribution in [3.63, 3.8) is 0 Å². The zero-order chi connectivity index (χ0) is 12.7. The summed E-state index contributed by atoms with van der Waals surface area (Å²) in [7, 11) is 0. The van der Waals surface area contributed by atoms with Crippen molar-refractivity contribution in [2.45, 2.75) is 32.0 Å². The van der Waals surface area contributed by atoms with Gasteiger partial charge >= 0.3 is 23.7 Å². The summed E-state index contributed by atoms with van der Waals surface area (Å²) in [5, 5.41) is 8.62.